The van der Waals surface area contributed by atoms with E-state index < -0.39 is 8.38 Å². The van der Waals surface area contributed by atoms with Gasteiger partial charge in [-0.1, -0.05) is 6.07 Å². The van der Waals surface area contributed by atoms with Gasteiger partial charge in [-0.15, -0.1) is 0 Å². The molecule has 1 aliphatic heterocycles. The number of hydrogen-bond acceptors (Lipinski definition) is 8. The van der Waals surface area contributed by atoms with E-state index in [9.17, 15) is 9.79 Å². The molecular formula is C24H29N4O4P. The highest BCUT2D eigenvalue weighted by Gasteiger charge is 2.23. The highest BCUT2D eigenvalue weighted by molar-refractivity contribution is 7.45. The maximum absolute atomic E-state index is 9.25. The number of pyridine rings is 1. The molecular weight excluding hydrogens is 439 g/mol. The van der Waals surface area contributed by atoms with E-state index in [0.29, 0.717) is 29.4 Å². The summed E-state index contributed by atoms with van der Waals surface area (Å²) in [4.78, 5) is 34.6. The Morgan fingerprint density at radius 1 is 1.09 bits per heavy atom. The first-order valence-corrected chi connectivity index (χ1v) is 12.4. The van der Waals surface area contributed by atoms with E-state index in [-0.39, 0.29) is 0 Å². The van der Waals surface area contributed by atoms with Crippen molar-refractivity contribution in [2.24, 2.45) is 5.92 Å². The molecule has 0 atom stereocenters. The topological polar surface area (TPSA) is 101 Å². The molecule has 4 rings (SSSR count). The number of fused-ring (bicyclic) bond motifs is 1. The fourth-order valence-electron chi connectivity index (χ4n) is 4.15. The number of benzene rings is 1. The zero-order chi connectivity index (χ0) is 23.2. The largest absolute Gasteiger partial charge is 0.493 e. The van der Waals surface area contributed by atoms with Crippen LogP contribution in [0.25, 0.3) is 23.1 Å². The van der Waals surface area contributed by atoms with Gasteiger partial charge in [0.25, 0.3) is 0 Å². The minimum absolute atomic E-state index is 0.483. The number of hydrogen-bond donors (Lipinski definition) is 2. The van der Waals surface area contributed by atoms with Crippen molar-refractivity contribution in [2.75, 3.05) is 38.4 Å². The molecule has 1 fully saturated rings. The lowest BCUT2D eigenvalue weighted by Gasteiger charge is -2.33. The van der Waals surface area contributed by atoms with Crippen molar-refractivity contribution in [1.29, 1.82) is 0 Å². The molecule has 0 aliphatic carbocycles. The van der Waals surface area contributed by atoms with Crippen molar-refractivity contribution >= 4 is 37.2 Å². The second-order valence-corrected chi connectivity index (χ2v) is 9.26. The van der Waals surface area contributed by atoms with E-state index >= 15 is 0 Å². The molecule has 0 bridgehead atoms. The van der Waals surface area contributed by atoms with Gasteiger partial charge in [-0.3, -0.25) is 4.98 Å². The molecule has 3 heterocycles. The smallest absolute Gasteiger partial charge is 0.164 e. The summed E-state index contributed by atoms with van der Waals surface area (Å²) in [7, 11) is 1.42. The number of nitrogens with zero attached hydrogens (tertiary/aromatic N) is 4. The molecule has 0 saturated carbocycles. The second-order valence-electron chi connectivity index (χ2n) is 8.06. The molecule has 2 N–H and O–H groups in total. The average Bonchev–Trinajstić information content (AvgIpc) is 2.85. The fourth-order valence-corrected chi connectivity index (χ4v) is 4.75. The first-order chi connectivity index (χ1) is 16.1. The van der Waals surface area contributed by atoms with Gasteiger partial charge in [0.05, 0.1) is 19.7 Å². The van der Waals surface area contributed by atoms with Gasteiger partial charge in [-0.25, -0.2) is 9.97 Å². The van der Waals surface area contributed by atoms with Crippen LogP contribution < -0.4 is 14.4 Å². The maximum atomic E-state index is 9.25. The molecule has 1 saturated heterocycles. The lowest BCUT2D eigenvalue weighted by atomic mass is 9.94. The molecule has 0 amide bonds. The third-order valence-corrected chi connectivity index (χ3v) is 6.62. The SMILES string of the molecule is COc1cc2nc(/C=C/c3cccnc3)nc(N3CCC(CCP(O)O)CC3)c2cc1OC. The lowest BCUT2D eigenvalue weighted by Crippen LogP contribution is -2.34. The monoisotopic (exact) mass is 468 g/mol. The highest BCUT2D eigenvalue weighted by Crippen LogP contribution is 2.37. The van der Waals surface area contributed by atoms with Crippen LogP contribution in [0.15, 0.2) is 36.7 Å². The summed E-state index contributed by atoms with van der Waals surface area (Å²) in [5.74, 6) is 3.25. The Balaban J connectivity index is 1.67. The average molecular weight is 468 g/mol. The Morgan fingerprint density at radius 2 is 1.85 bits per heavy atom. The number of ether oxygens (including phenoxy) is 2. The summed E-state index contributed by atoms with van der Waals surface area (Å²) in [5.41, 5.74) is 1.76. The van der Waals surface area contributed by atoms with Crippen LogP contribution in [-0.4, -0.2) is 58.2 Å². The van der Waals surface area contributed by atoms with Crippen LogP contribution in [0, 0.1) is 5.92 Å². The molecule has 1 aromatic carbocycles. The Bertz CT molecular complexity index is 1100. The van der Waals surface area contributed by atoms with Crippen molar-refractivity contribution in [2.45, 2.75) is 19.3 Å². The molecule has 174 valence electrons. The Kier molecular flexibility index (Phi) is 7.70. The Labute approximate surface area is 194 Å². The standard InChI is InChI=1S/C24H29N4O4P/c1-31-21-14-19-20(15-22(21)32-2)26-23(6-5-18-4-3-10-25-16-18)27-24(19)28-11-7-17(8-12-28)9-13-33(29)30/h3-6,10,14-17,29-30H,7-9,11-13H2,1-2H3/b6-5+. The zero-order valence-electron chi connectivity index (χ0n) is 18.9. The van der Waals surface area contributed by atoms with E-state index in [4.69, 9.17) is 19.4 Å². The van der Waals surface area contributed by atoms with E-state index in [0.717, 1.165) is 54.6 Å². The predicted octanol–water partition coefficient (Wildman–Crippen LogP) is 4.12. The third kappa shape index (κ3) is 5.77. The molecule has 3 aromatic rings. The lowest BCUT2D eigenvalue weighted by molar-refractivity contribution is 0.355. The van der Waals surface area contributed by atoms with Gasteiger partial charge in [0.2, 0.25) is 0 Å². The van der Waals surface area contributed by atoms with Crippen LogP contribution in [0.3, 0.4) is 0 Å². The van der Waals surface area contributed by atoms with Crippen molar-refractivity contribution in [3.8, 4) is 11.5 Å². The number of rotatable bonds is 8. The van der Waals surface area contributed by atoms with E-state index in [2.05, 4.69) is 9.88 Å². The highest BCUT2D eigenvalue weighted by atomic mass is 31.2. The molecule has 1 aliphatic rings. The van der Waals surface area contributed by atoms with Gasteiger partial charge < -0.3 is 24.2 Å². The molecule has 0 unspecified atom stereocenters. The molecule has 33 heavy (non-hydrogen) atoms. The van der Waals surface area contributed by atoms with Gasteiger partial charge in [0.1, 0.15) is 5.82 Å². The van der Waals surface area contributed by atoms with Gasteiger partial charge in [0, 0.05) is 43.1 Å². The predicted molar refractivity (Wildman–Crippen MR) is 132 cm³/mol. The van der Waals surface area contributed by atoms with Gasteiger partial charge in [-0.2, -0.15) is 0 Å². The third-order valence-electron chi connectivity index (χ3n) is 5.96. The number of aromatic nitrogens is 3. The minimum atomic E-state index is -1.81. The molecule has 2 aromatic heterocycles. The first kappa shape index (κ1) is 23.4. The van der Waals surface area contributed by atoms with Crippen LogP contribution in [0.4, 0.5) is 5.82 Å². The van der Waals surface area contributed by atoms with Crippen molar-refractivity contribution < 1.29 is 19.3 Å². The summed E-state index contributed by atoms with van der Waals surface area (Å²) in [5, 5.41) is 0.916. The van der Waals surface area contributed by atoms with Crippen LogP contribution in [-0.2, 0) is 0 Å². The van der Waals surface area contributed by atoms with Crippen LogP contribution in [0.1, 0.15) is 30.7 Å². The van der Waals surface area contributed by atoms with Crippen molar-refractivity contribution in [1.82, 2.24) is 15.0 Å². The van der Waals surface area contributed by atoms with Crippen molar-refractivity contribution in [3.63, 3.8) is 0 Å². The van der Waals surface area contributed by atoms with E-state index in [1.54, 1.807) is 26.6 Å². The molecule has 0 radical (unpaired) electrons. The van der Waals surface area contributed by atoms with Crippen LogP contribution >= 0.6 is 8.38 Å². The maximum Gasteiger partial charge on any atom is 0.164 e. The second kappa shape index (κ2) is 10.9. The number of methoxy groups -OCH3 is 2. The van der Waals surface area contributed by atoms with E-state index in [1.807, 2.05) is 36.4 Å². The molecule has 0 spiro atoms. The Hall–Kier alpha value is -2.80. The fraction of sp³-hybridized carbons (Fsp3) is 0.375. The van der Waals surface area contributed by atoms with Gasteiger partial charge in [0.15, 0.2) is 25.7 Å². The first-order valence-electron chi connectivity index (χ1n) is 11.0. The summed E-state index contributed by atoms with van der Waals surface area (Å²) >= 11 is 0. The van der Waals surface area contributed by atoms with Gasteiger partial charge in [-0.05, 0) is 55.0 Å². The van der Waals surface area contributed by atoms with Crippen LogP contribution in [0.5, 0.6) is 11.5 Å². The normalized spacial score (nSPS) is 15.0. The summed E-state index contributed by atoms with van der Waals surface area (Å²) in [6.45, 7) is 1.71. The zero-order valence-corrected chi connectivity index (χ0v) is 19.8. The van der Waals surface area contributed by atoms with Crippen LogP contribution in [0.2, 0.25) is 0 Å². The van der Waals surface area contributed by atoms with Crippen molar-refractivity contribution in [3.05, 3.63) is 48.0 Å². The minimum Gasteiger partial charge on any atom is -0.493 e. The Morgan fingerprint density at radius 3 is 2.52 bits per heavy atom. The molecule has 9 heteroatoms. The quantitative estimate of drug-likeness (QED) is 0.477. The van der Waals surface area contributed by atoms with Gasteiger partial charge >= 0.3 is 0 Å². The number of anilines is 1. The molecule has 8 nitrogen and oxygen atoms in total. The summed E-state index contributed by atoms with van der Waals surface area (Å²) in [6, 6.07) is 7.70. The summed E-state index contributed by atoms with van der Waals surface area (Å²) < 4.78 is 11.0. The number of piperidine rings is 1. The summed E-state index contributed by atoms with van der Waals surface area (Å²) in [6.07, 6.45) is 10.7. The van der Waals surface area contributed by atoms with E-state index in [1.165, 1.54) is 0 Å².